The van der Waals surface area contributed by atoms with Crippen LogP contribution in [0.3, 0.4) is 0 Å². The van der Waals surface area contributed by atoms with Crippen LogP contribution in [-0.4, -0.2) is 78.4 Å². The van der Waals surface area contributed by atoms with Crippen LogP contribution in [-0.2, 0) is 0 Å². The molecule has 1 N–H and O–H groups in total. The van der Waals surface area contributed by atoms with Crippen LogP contribution in [0.5, 0.6) is 0 Å². The van der Waals surface area contributed by atoms with Gasteiger partial charge >= 0.3 is 0 Å². The standard InChI is InChI=1S/C20H24Cl2N6O/c1-27(2)7-5-15(29)12-9-14-17(24-10-12)19(23-6-8-28(3)4)20-18(26-14)16(22)13(21)11-25-20/h9-11H,5-8H2,1-4H3,(H,23,26). The van der Waals surface area contributed by atoms with E-state index in [0.29, 0.717) is 57.2 Å². The molecule has 0 spiro atoms. The van der Waals surface area contributed by atoms with Gasteiger partial charge in [-0.05, 0) is 34.3 Å². The molecule has 29 heavy (non-hydrogen) atoms. The summed E-state index contributed by atoms with van der Waals surface area (Å²) >= 11 is 12.6. The molecule has 0 aromatic carbocycles. The van der Waals surface area contributed by atoms with Crippen LogP contribution in [0, 0.1) is 0 Å². The summed E-state index contributed by atoms with van der Waals surface area (Å²) < 4.78 is 0. The van der Waals surface area contributed by atoms with Gasteiger partial charge in [0.05, 0.1) is 21.2 Å². The second-order valence-electron chi connectivity index (χ2n) is 7.40. The van der Waals surface area contributed by atoms with Crippen molar-refractivity contribution in [1.29, 1.82) is 0 Å². The number of likely N-dealkylation sites (N-methyl/N-ethyl adjacent to an activating group) is 1. The van der Waals surface area contributed by atoms with Crippen molar-refractivity contribution in [2.75, 3.05) is 53.1 Å². The fourth-order valence-corrected chi connectivity index (χ4v) is 3.22. The number of nitrogens with one attached hydrogen (secondary N) is 1. The molecule has 0 bridgehead atoms. The highest BCUT2D eigenvalue weighted by atomic mass is 35.5. The zero-order chi connectivity index (χ0) is 21.1. The van der Waals surface area contributed by atoms with Crippen molar-refractivity contribution in [3.63, 3.8) is 0 Å². The van der Waals surface area contributed by atoms with Crippen molar-refractivity contribution in [2.45, 2.75) is 6.42 Å². The number of carbonyl (C=O) groups is 1. The lowest BCUT2D eigenvalue weighted by Gasteiger charge is -2.15. The summed E-state index contributed by atoms with van der Waals surface area (Å²) in [6, 6.07) is 1.76. The maximum absolute atomic E-state index is 12.5. The maximum Gasteiger partial charge on any atom is 0.165 e. The van der Waals surface area contributed by atoms with Gasteiger partial charge in [-0.25, -0.2) is 4.98 Å². The van der Waals surface area contributed by atoms with E-state index in [1.165, 1.54) is 6.20 Å². The molecule has 0 radical (unpaired) electrons. The molecule has 0 aliphatic heterocycles. The van der Waals surface area contributed by atoms with Gasteiger partial charge in [0.15, 0.2) is 5.78 Å². The van der Waals surface area contributed by atoms with E-state index in [-0.39, 0.29) is 5.78 Å². The highest BCUT2D eigenvalue weighted by molar-refractivity contribution is 6.45. The fourth-order valence-electron chi connectivity index (χ4n) is 2.90. The minimum Gasteiger partial charge on any atom is -0.380 e. The van der Waals surface area contributed by atoms with Gasteiger partial charge in [0, 0.05) is 44.0 Å². The number of rotatable bonds is 8. The second-order valence-corrected chi connectivity index (χ2v) is 8.19. The predicted octanol–water partition coefficient (Wildman–Crippen LogP) is 3.59. The Morgan fingerprint density at radius 2 is 1.69 bits per heavy atom. The number of nitrogens with zero attached hydrogens (tertiary/aromatic N) is 5. The molecule has 3 rings (SSSR count). The first-order chi connectivity index (χ1) is 13.8. The number of anilines is 1. The minimum absolute atomic E-state index is 0.0208. The van der Waals surface area contributed by atoms with Crippen LogP contribution in [0.25, 0.3) is 22.1 Å². The second kappa shape index (κ2) is 9.17. The van der Waals surface area contributed by atoms with Crippen LogP contribution in [0.1, 0.15) is 16.8 Å². The number of aromatic nitrogens is 3. The lowest BCUT2D eigenvalue weighted by atomic mass is 10.1. The molecule has 0 unspecified atom stereocenters. The first-order valence-electron chi connectivity index (χ1n) is 9.28. The monoisotopic (exact) mass is 434 g/mol. The van der Waals surface area contributed by atoms with Crippen molar-refractivity contribution in [2.24, 2.45) is 0 Å². The van der Waals surface area contributed by atoms with Gasteiger partial charge in [-0.2, -0.15) is 0 Å². The van der Waals surface area contributed by atoms with E-state index >= 15 is 0 Å². The van der Waals surface area contributed by atoms with Crippen LogP contribution in [0.15, 0.2) is 18.5 Å². The van der Waals surface area contributed by atoms with Crippen molar-refractivity contribution in [3.8, 4) is 0 Å². The number of carbonyl (C=O) groups excluding carboxylic acids is 1. The fraction of sp³-hybridized carbons (Fsp3) is 0.400. The van der Waals surface area contributed by atoms with E-state index in [4.69, 9.17) is 23.2 Å². The molecule has 0 aliphatic carbocycles. The van der Waals surface area contributed by atoms with Gasteiger partial charge in [-0.1, -0.05) is 23.2 Å². The average Bonchev–Trinajstić information content (AvgIpc) is 2.68. The highest BCUT2D eigenvalue weighted by Gasteiger charge is 2.17. The molecule has 7 nitrogen and oxygen atoms in total. The van der Waals surface area contributed by atoms with Crippen LogP contribution in [0.4, 0.5) is 5.69 Å². The van der Waals surface area contributed by atoms with Gasteiger partial charge in [-0.15, -0.1) is 0 Å². The number of pyridine rings is 3. The van der Waals surface area contributed by atoms with E-state index < -0.39 is 0 Å². The molecule has 0 atom stereocenters. The molecule has 3 heterocycles. The first-order valence-corrected chi connectivity index (χ1v) is 10.0. The third kappa shape index (κ3) is 4.93. The number of hydrogen-bond acceptors (Lipinski definition) is 7. The topological polar surface area (TPSA) is 74.2 Å². The van der Waals surface area contributed by atoms with E-state index in [0.717, 1.165) is 12.2 Å². The molecule has 3 aromatic heterocycles. The molecule has 154 valence electrons. The van der Waals surface area contributed by atoms with Crippen molar-refractivity contribution in [1.82, 2.24) is 24.8 Å². The lowest BCUT2D eigenvalue weighted by Crippen LogP contribution is -2.21. The van der Waals surface area contributed by atoms with Gasteiger partial charge in [-0.3, -0.25) is 14.8 Å². The van der Waals surface area contributed by atoms with E-state index in [2.05, 4.69) is 25.2 Å². The molecule has 0 aliphatic rings. The first kappa shape index (κ1) is 21.6. The molecular formula is C20H24Cl2N6O. The maximum atomic E-state index is 12.5. The quantitative estimate of drug-likeness (QED) is 0.428. The third-order valence-corrected chi connectivity index (χ3v) is 5.26. The zero-order valence-electron chi connectivity index (χ0n) is 17.0. The Hall–Kier alpha value is -2.06. The SMILES string of the molecule is CN(C)CCNc1c2ncc(C(=O)CCN(C)C)cc2nc2c(Cl)c(Cl)cnc12. The minimum atomic E-state index is 0.0208. The number of Topliss-reactive ketones (excluding diaryl/α,β-unsaturated/α-hetero) is 1. The molecule has 0 fully saturated rings. The molecule has 0 saturated heterocycles. The Morgan fingerprint density at radius 1 is 1.00 bits per heavy atom. The normalized spacial score (nSPS) is 11.7. The Bertz CT molecular complexity index is 1050. The number of ketones is 1. The van der Waals surface area contributed by atoms with Gasteiger partial charge < -0.3 is 15.1 Å². The summed E-state index contributed by atoms with van der Waals surface area (Å²) in [5, 5.41) is 4.06. The Morgan fingerprint density at radius 3 is 2.38 bits per heavy atom. The molecule has 0 saturated carbocycles. The number of fused-ring (bicyclic) bond motifs is 2. The molecule has 0 amide bonds. The third-order valence-electron chi connectivity index (χ3n) is 4.49. The van der Waals surface area contributed by atoms with Crippen molar-refractivity contribution < 1.29 is 4.79 Å². The van der Waals surface area contributed by atoms with E-state index in [9.17, 15) is 4.79 Å². The largest absolute Gasteiger partial charge is 0.380 e. The average molecular weight is 435 g/mol. The molecule has 9 heteroatoms. The van der Waals surface area contributed by atoms with Crippen LogP contribution >= 0.6 is 23.2 Å². The van der Waals surface area contributed by atoms with Crippen LogP contribution in [0.2, 0.25) is 10.0 Å². The highest BCUT2D eigenvalue weighted by Crippen LogP contribution is 2.35. The van der Waals surface area contributed by atoms with Crippen molar-refractivity contribution >= 4 is 56.7 Å². The predicted molar refractivity (Wildman–Crippen MR) is 119 cm³/mol. The van der Waals surface area contributed by atoms with Gasteiger partial charge in [0.1, 0.15) is 16.6 Å². The summed E-state index contributed by atoms with van der Waals surface area (Å²) in [7, 11) is 7.88. The summed E-state index contributed by atoms with van der Waals surface area (Å²) in [6.45, 7) is 2.19. The Balaban J connectivity index is 2.11. The van der Waals surface area contributed by atoms with Crippen molar-refractivity contribution in [3.05, 3.63) is 34.1 Å². The molecule has 3 aromatic rings. The Labute approximate surface area is 180 Å². The zero-order valence-corrected chi connectivity index (χ0v) is 18.5. The summed E-state index contributed by atoms with van der Waals surface area (Å²) in [5.41, 5.74) is 3.57. The van der Waals surface area contributed by atoms with Crippen LogP contribution < -0.4 is 5.32 Å². The summed E-state index contributed by atoms with van der Waals surface area (Å²) in [6.07, 6.45) is 3.52. The van der Waals surface area contributed by atoms with E-state index in [1.54, 1.807) is 12.3 Å². The Kier molecular flexibility index (Phi) is 6.85. The van der Waals surface area contributed by atoms with E-state index in [1.807, 2.05) is 33.1 Å². The molecular weight excluding hydrogens is 411 g/mol. The number of halogens is 2. The summed E-state index contributed by atoms with van der Waals surface area (Å²) in [4.78, 5) is 30.2. The van der Waals surface area contributed by atoms with Gasteiger partial charge in [0.2, 0.25) is 0 Å². The smallest absolute Gasteiger partial charge is 0.165 e. The van der Waals surface area contributed by atoms with Gasteiger partial charge in [0.25, 0.3) is 0 Å². The lowest BCUT2D eigenvalue weighted by molar-refractivity contribution is 0.0972. The summed E-state index contributed by atoms with van der Waals surface area (Å²) in [5.74, 6) is 0.0208. The number of hydrogen-bond donors (Lipinski definition) is 1.